The summed E-state index contributed by atoms with van der Waals surface area (Å²) in [6.45, 7) is 1.92. The molecule has 0 aliphatic rings. The Labute approximate surface area is 125 Å². The van der Waals surface area contributed by atoms with E-state index in [9.17, 15) is 0 Å². The van der Waals surface area contributed by atoms with Crippen LogP contribution < -0.4 is 5.32 Å². The average Bonchev–Trinajstić information content (AvgIpc) is 2.79. The van der Waals surface area contributed by atoms with Crippen molar-refractivity contribution in [3.8, 4) is 10.6 Å². The van der Waals surface area contributed by atoms with Gasteiger partial charge in [0.25, 0.3) is 0 Å². The molecule has 4 nitrogen and oxygen atoms in total. The lowest BCUT2D eigenvalue weighted by molar-refractivity contribution is 1.17. The highest BCUT2D eigenvalue weighted by Gasteiger charge is 2.11. The molecule has 0 saturated carbocycles. The number of nitrogens with one attached hydrogen (secondary N) is 1. The topological polar surface area (TPSA) is 50.7 Å². The first-order valence-corrected chi connectivity index (χ1v) is 7.20. The van der Waals surface area contributed by atoms with Gasteiger partial charge in [-0.05, 0) is 25.1 Å². The lowest BCUT2D eigenvalue weighted by atomic mass is 10.3. The highest BCUT2D eigenvalue weighted by molar-refractivity contribution is 7.15. The number of benzene rings is 1. The zero-order valence-electron chi connectivity index (χ0n) is 10.7. The van der Waals surface area contributed by atoms with Crippen molar-refractivity contribution in [3.05, 3.63) is 52.8 Å². The highest BCUT2D eigenvalue weighted by Crippen LogP contribution is 2.32. The molecule has 0 spiro atoms. The molecular formula is C14H11ClN4S. The van der Waals surface area contributed by atoms with Crippen LogP contribution in [0.15, 0.2) is 42.6 Å². The van der Waals surface area contributed by atoms with Crippen LogP contribution in [0, 0.1) is 6.92 Å². The molecule has 6 heteroatoms. The molecule has 100 valence electrons. The van der Waals surface area contributed by atoms with E-state index in [1.165, 1.54) is 11.3 Å². The van der Waals surface area contributed by atoms with Crippen molar-refractivity contribution in [3.63, 3.8) is 0 Å². The summed E-state index contributed by atoms with van der Waals surface area (Å²) in [6, 6.07) is 11.6. The molecule has 2 aromatic heterocycles. The standard InChI is InChI=1S/C14H11ClN4S/c1-9-17-13(15)12(20-9)11-7-8-16-14(19-11)18-10-5-3-2-4-6-10/h2-8H,1H3,(H,16,18,19). The van der Waals surface area contributed by atoms with Crippen LogP contribution in [0.4, 0.5) is 11.6 Å². The van der Waals surface area contributed by atoms with Crippen LogP contribution in [-0.2, 0) is 0 Å². The molecule has 0 bridgehead atoms. The van der Waals surface area contributed by atoms with E-state index < -0.39 is 0 Å². The number of halogens is 1. The van der Waals surface area contributed by atoms with Crippen molar-refractivity contribution < 1.29 is 0 Å². The van der Waals surface area contributed by atoms with Crippen LogP contribution in [0.1, 0.15) is 5.01 Å². The smallest absolute Gasteiger partial charge is 0.227 e. The van der Waals surface area contributed by atoms with Gasteiger partial charge in [0.2, 0.25) is 5.95 Å². The van der Waals surface area contributed by atoms with E-state index >= 15 is 0 Å². The molecule has 2 heterocycles. The molecule has 0 aliphatic carbocycles. The van der Waals surface area contributed by atoms with E-state index in [1.54, 1.807) is 6.20 Å². The van der Waals surface area contributed by atoms with Gasteiger partial charge in [-0.25, -0.2) is 15.0 Å². The van der Waals surface area contributed by atoms with Gasteiger partial charge in [0.05, 0.1) is 15.6 Å². The van der Waals surface area contributed by atoms with Crippen molar-refractivity contribution in [2.24, 2.45) is 0 Å². The van der Waals surface area contributed by atoms with Gasteiger partial charge in [-0.3, -0.25) is 0 Å². The summed E-state index contributed by atoms with van der Waals surface area (Å²) in [5, 5.41) is 4.56. The predicted octanol–water partition coefficient (Wildman–Crippen LogP) is 4.31. The van der Waals surface area contributed by atoms with Crippen molar-refractivity contribution in [2.75, 3.05) is 5.32 Å². The van der Waals surface area contributed by atoms with Crippen molar-refractivity contribution in [1.29, 1.82) is 0 Å². The van der Waals surface area contributed by atoms with Gasteiger partial charge in [0, 0.05) is 11.9 Å². The maximum absolute atomic E-state index is 6.11. The first kappa shape index (κ1) is 13.0. The van der Waals surface area contributed by atoms with E-state index in [1.807, 2.05) is 43.3 Å². The minimum absolute atomic E-state index is 0.483. The molecule has 1 aromatic carbocycles. The van der Waals surface area contributed by atoms with Crippen molar-refractivity contribution in [1.82, 2.24) is 15.0 Å². The second-order valence-electron chi connectivity index (χ2n) is 4.11. The SMILES string of the molecule is Cc1nc(Cl)c(-c2ccnc(Nc3ccccc3)n2)s1. The Hall–Kier alpha value is -1.98. The number of nitrogens with zero attached hydrogens (tertiary/aromatic N) is 3. The van der Waals surface area contributed by atoms with Crippen LogP contribution >= 0.6 is 22.9 Å². The van der Waals surface area contributed by atoms with E-state index in [2.05, 4.69) is 20.3 Å². The molecule has 0 aliphatic heterocycles. The molecule has 0 amide bonds. The number of aryl methyl sites for hydroxylation is 1. The number of anilines is 2. The molecule has 0 unspecified atom stereocenters. The third-order valence-electron chi connectivity index (χ3n) is 2.61. The number of thiazole rings is 1. The Morgan fingerprint density at radius 1 is 1.10 bits per heavy atom. The molecule has 3 aromatic rings. The van der Waals surface area contributed by atoms with Crippen LogP contribution in [0.5, 0.6) is 0 Å². The Bertz CT molecular complexity index is 727. The van der Waals surface area contributed by atoms with Gasteiger partial charge in [-0.15, -0.1) is 11.3 Å². The minimum Gasteiger partial charge on any atom is -0.324 e. The Kier molecular flexibility index (Phi) is 3.62. The fourth-order valence-corrected chi connectivity index (χ4v) is 2.93. The van der Waals surface area contributed by atoms with E-state index in [4.69, 9.17) is 11.6 Å². The number of hydrogen-bond acceptors (Lipinski definition) is 5. The quantitative estimate of drug-likeness (QED) is 0.783. The predicted molar refractivity (Wildman–Crippen MR) is 82.6 cm³/mol. The first-order chi connectivity index (χ1) is 9.72. The summed E-state index contributed by atoms with van der Waals surface area (Å²) in [5.74, 6) is 0.538. The molecule has 0 radical (unpaired) electrons. The van der Waals surface area contributed by atoms with E-state index in [-0.39, 0.29) is 0 Å². The summed E-state index contributed by atoms with van der Waals surface area (Å²) in [7, 11) is 0. The molecule has 0 saturated heterocycles. The maximum atomic E-state index is 6.11. The van der Waals surface area contributed by atoms with Gasteiger partial charge >= 0.3 is 0 Å². The van der Waals surface area contributed by atoms with Crippen LogP contribution in [0.2, 0.25) is 5.15 Å². The van der Waals surface area contributed by atoms with Crippen LogP contribution in [0.25, 0.3) is 10.6 Å². The fourth-order valence-electron chi connectivity index (χ4n) is 1.76. The van der Waals surface area contributed by atoms with Gasteiger partial charge in [0.15, 0.2) is 0 Å². The second kappa shape index (κ2) is 5.56. The number of rotatable bonds is 3. The van der Waals surface area contributed by atoms with E-state index in [0.717, 1.165) is 21.3 Å². The van der Waals surface area contributed by atoms with Crippen LogP contribution in [0.3, 0.4) is 0 Å². The second-order valence-corrected chi connectivity index (χ2v) is 5.67. The number of aromatic nitrogens is 3. The number of para-hydroxylation sites is 1. The monoisotopic (exact) mass is 302 g/mol. The zero-order chi connectivity index (χ0) is 13.9. The van der Waals surface area contributed by atoms with Gasteiger partial charge in [0.1, 0.15) is 5.15 Å². The van der Waals surface area contributed by atoms with E-state index in [0.29, 0.717) is 11.1 Å². The van der Waals surface area contributed by atoms with Gasteiger partial charge < -0.3 is 5.32 Å². The van der Waals surface area contributed by atoms with Crippen molar-refractivity contribution >= 4 is 34.6 Å². The lowest BCUT2D eigenvalue weighted by Crippen LogP contribution is -1.97. The zero-order valence-corrected chi connectivity index (χ0v) is 12.2. The summed E-state index contributed by atoms with van der Waals surface area (Å²) in [4.78, 5) is 13.8. The Morgan fingerprint density at radius 2 is 1.90 bits per heavy atom. The molecule has 1 N–H and O–H groups in total. The summed E-state index contributed by atoms with van der Waals surface area (Å²) < 4.78 is 0. The summed E-state index contributed by atoms with van der Waals surface area (Å²) in [6.07, 6.45) is 1.71. The lowest BCUT2D eigenvalue weighted by Gasteiger charge is -2.05. The molecule has 0 fully saturated rings. The molecular weight excluding hydrogens is 292 g/mol. The maximum Gasteiger partial charge on any atom is 0.227 e. The summed E-state index contributed by atoms with van der Waals surface area (Å²) >= 11 is 7.63. The van der Waals surface area contributed by atoms with Gasteiger partial charge in [-0.2, -0.15) is 0 Å². The average molecular weight is 303 g/mol. The molecule has 0 atom stereocenters. The molecule has 3 rings (SSSR count). The first-order valence-electron chi connectivity index (χ1n) is 6.01. The normalized spacial score (nSPS) is 10.5. The summed E-state index contributed by atoms with van der Waals surface area (Å²) in [5.41, 5.74) is 1.71. The Morgan fingerprint density at radius 3 is 2.60 bits per heavy atom. The minimum atomic E-state index is 0.483. The fraction of sp³-hybridized carbons (Fsp3) is 0.0714. The third-order valence-corrected chi connectivity index (χ3v) is 3.99. The largest absolute Gasteiger partial charge is 0.324 e. The third kappa shape index (κ3) is 2.79. The number of hydrogen-bond donors (Lipinski definition) is 1. The van der Waals surface area contributed by atoms with Gasteiger partial charge in [-0.1, -0.05) is 29.8 Å². The Balaban J connectivity index is 1.92. The van der Waals surface area contributed by atoms with Crippen molar-refractivity contribution in [2.45, 2.75) is 6.92 Å². The van der Waals surface area contributed by atoms with Crippen LogP contribution in [-0.4, -0.2) is 15.0 Å². The molecule has 20 heavy (non-hydrogen) atoms. The highest BCUT2D eigenvalue weighted by atomic mass is 35.5.